The maximum absolute atomic E-state index is 13.3. The monoisotopic (exact) mass is 434 g/mol. The summed E-state index contributed by atoms with van der Waals surface area (Å²) < 4.78 is 11.2. The second kappa shape index (κ2) is 9.24. The smallest absolute Gasteiger partial charge is 0.254 e. The molecule has 2 heterocycles. The topological polar surface area (TPSA) is 42.0 Å². The molecule has 0 bridgehead atoms. The number of nitrogens with zero attached hydrogens (tertiary/aromatic N) is 2. The van der Waals surface area contributed by atoms with E-state index in [4.69, 9.17) is 32.7 Å². The molecule has 4 rings (SSSR count). The van der Waals surface area contributed by atoms with Gasteiger partial charge in [-0.2, -0.15) is 0 Å². The molecular formula is C22H24Cl2N2O3. The fourth-order valence-corrected chi connectivity index (χ4v) is 4.06. The zero-order chi connectivity index (χ0) is 20.2. The van der Waals surface area contributed by atoms with Crippen molar-refractivity contribution < 1.29 is 14.3 Å². The molecule has 0 radical (unpaired) electrons. The van der Waals surface area contributed by atoms with Crippen molar-refractivity contribution in [3.8, 4) is 11.5 Å². The zero-order valence-electron chi connectivity index (χ0n) is 16.2. The third kappa shape index (κ3) is 4.97. The van der Waals surface area contributed by atoms with Gasteiger partial charge in [-0.05, 0) is 61.8 Å². The normalized spacial score (nSPS) is 16.1. The summed E-state index contributed by atoms with van der Waals surface area (Å²) in [5.41, 5.74) is 1.54. The van der Waals surface area contributed by atoms with Crippen molar-refractivity contribution in [1.29, 1.82) is 0 Å². The van der Waals surface area contributed by atoms with Gasteiger partial charge in [0, 0.05) is 25.2 Å². The van der Waals surface area contributed by atoms with Crippen LogP contribution in [0, 0.1) is 0 Å². The van der Waals surface area contributed by atoms with Gasteiger partial charge in [0.15, 0.2) is 11.5 Å². The molecule has 2 aliphatic rings. The quantitative estimate of drug-likeness (QED) is 0.670. The van der Waals surface area contributed by atoms with Crippen molar-refractivity contribution >= 4 is 29.1 Å². The Morgan fingerprint density at radius 2 is 1.72 bits per heavy atom. The molecule has 1 saturated heterocycles. The molecule has 29 heavy (non-hydrogen) atoms. The Hall–Kier alpha value is -1.95. The predicted molar refractivity (Wildman–Crippen MR) is 114 cm³/mol. The molecule has 1 fully saturated rings. The predicted octanol–water partition coefficient (Wildman–Crippen LogP) is 4.50. The molecule has 2 aromatic rings. The van der Waals surface area contributed by atoms with Crippen molar-refractivity contribution in [3.63, 3.8) is 0 Å². The SMILES string of the molecule is O=C(c1ccc2c(c1)OCCO2)N(CCN1CCCC1)Cc1ccc(Cl)c(Cl)c1. The number of carbonyl (C=O) groups excluding carboxylic acids is 1. The number of rotatable bonds is 6. The standard InChI is InChI=1S/C22H24Cl2N2O3/c23-18-5-3-16(13-19(18)24)15-26(10-9-25-7-1-2-8-25)22(27)17-4-6-20-21(14-17)29-12-11-28-20/h3-6,13-14H,1-2,7-12,15H2. The average Bonchev–Trinajstić information content (AvgIpc) is 3.26. The van der Waals surface area contributed by atoms with Gasteiger partial charge < -0.3 is 19.3 Å². The number of fused-ring (bicyclic) bond motifs is 1. The van der Waals surface area contributed by atoms with Crippen LogP contribution in [0.1, 0.15) is 28.8 Å². The van der Waals surface area contributed by atoms with E-state index in [1.807, 2.05) is 17.0 Å². The van der Waals surface area contributed by atoms with Gasteiger partial charge in [0.2, 0.25) is 0 Å². The maximum atomic E-state index is 13.3. The van der Waals surface area contributed by atoms with Gasteiger partial charge in [-0.1, -0.05) is 29.3 Å². The lowest BCUT2D eigenvalue weighted by molar-refractivity contribution is 0.0726. The molecule has 0 aromatic heterocycles. The minimum atomic E-state index is -0.0350. The summed E-state index contributed by atoms with van der Waals surface area (Å²) in [5.74, 6) is 1.27. The lowest BCUT2D eigenvalue weighted by atomic mass is 10.1. The minimum absolute atomic E-state index is 0.0350. The second-order valence-corrected chi connectivity index (χ2v) is 8.20. The van der Waals surface area contributed by atoms with E-state index in [0.29, 0.717) is 53.4 Å². The van der Waals surface area contributed by atoms with E-state index in [1.54, 1.807) is 24.3 Å². The van der Waals surface area contributed by atoms with Crippen molar-refractivity contribution in [1.82, 2.24) is 9.80 Å². The third-order valence-corrected chi connectivity index (χ3v) is 6.06. The second-order valence-electron chi connectivity index (χ2n) is 7.38. The van der Waals surface area contributed by atoms with Crippen LogP contribution in [0.3, 0.4) is 0 Å². The summed E-state index contributed by atoms with van der Waals surface area (Å²) in [6, 6.07) is 10.9. The highest BCUT2D eigenvalue weighted by Crippen LogP contribution is 2.31. The van der Waals surface area contributed by atoms with Crippen LogP contribution >= 0.6 is 23.2 Å². The zero-order valence-corrected chi connectivity index (χ0v) is 17.7. The van der Waals surface area contributed by atoms with Crippen molar-refractivity contribution in [2.75, 3.05) is 39.4 Å². The molecule has 0 saturated carbocycles. The van der Waals surface area contributed by atoms with Crippen LogP contribution in [-0.4, -0.2) is 55.1 Å². The fraction of sp³-hybridized carbons (Fsp3) is 0.409. The summed E-state index contributed by atoms with van der Waals surface area (Å²) in [5, 5.41) is 1.01. The molecule has 2 aromatic carbocycles. The summed E-state index contributed by atoms with van der Waals surface area (Å²) >= 11 is 12.2. The van der Waals surface area contributed by atoms with Gasteiger partial charge >= 0.3 is 0 Å². The first-order chi connectivity index (χ1) is 14.1. The highest BCUT2D eigenvalue weighted by Gasteiger charge is 2.21. The Morgan fingerprint density at radius 1 is 0.966 bits per heavy atom. The maximum Gasteiger partial charge on any atom is 0.254 e. The summed E-state index contributed by atoms with van der Waals surface area (Å²) in [4.78, 5) is 17.6. The van der Waals surface area contributed by atoms with Gasteiger partial charge in [-0.3, -0.25) is 4.79 Å². The summed E-state index contributed by atoms with van der Waals surface area (Å²) in [7, 11) is 0. The molecule has 154 valence electrons. The molecule has 0 atom stereocenters. The third-order valence-electron chi connectivity index (χ3n) is 5.32. The lowest BCUT2D eigenvalue weighted by Crippen LogP contribution is -2.37. The van der Waals surface area contributed by atoms with Crippen LogP contribution in [0.4, 0.5) is 0 Å². The number of ether oxygens (including phenoxy) is 2. The Kier molecular flexibility index (Phi) is 6.48. The number of likely N-dealkylation sites (tertiary alicyclic amines) is 1. The average molecular weight is 435 g/mol. The van der Waals surface area contributed by atoms with Gasteiger partial charge in [-0.25, -0.2) is 0 Å². The number of benzene rings is 2. The van der Waals surface area contributed by atoms with E-state index in [-0.39, 0.29) is 5.91 Å². The molecule has 0 aliphatic carbocycles. The summed E-state index contributed by atoms with van der Waals surface area (Å²) in [6.07, 6.45) is 2.45. The first-order valence-electron chi connectivity index (χ1n) is 9.95. The first kappa shape index (κ1) is 20.3. The molecule has 2 aliphatic heterocycles. The van der Waals surface area contributed by atoms with Crippen molar-refractivity contribution in [2.24, 2.45) is 0 Å². The van der Waals surface area contributed by atoms with Crippen molar-refractivity contribution in [2.45, 2.75) is 19.4 Å². The molecule has 5 nitrogen and oxygen atoms in total. The van der Waals surface area contributed by atoms with Crippen LogP contribution in [0.25, 0.3) is 0 Å². The Bertz CT molecular complexity index is 884. The molecular weight excluding hydrogens is 411 g/mol. The first-order valence-corrected chi connectivity index (χ1v) is 10.7. The van der Waals surface area contributed by atoms with Crippen LogP contribution < -0.4 is 9.47 Å². The number of hydrogen-bond acceptors (Lipinski definition) is 4. The molecule has 0 N–H and O–H groups in total. The largest absolute Gasteiger partial charge is 0.486 e. The Morgan fingerprint density at radius 3 is 2.48 bits per heavy atom. The molecule has 0 unspecified atom stereocenters. The van der Waals surface area contributed by atoms with Crippen LogP contribution in [0.2, 0.25) is 10.0 Å². The van der Waals surface area contributed by atoms with Crippen molar-refractivity contribution in [3.05, 3.63) is 57.6 Å². The van der Waals surface area contributed by atoms with E-state index >= 15 is 0 Å². The number of amides is 1. The minimum Gasteiger partial charge on any atom is -0.486 e. The van der Waals surface area contributed by atoms with Gasteiger partial charge in [0.25, 0.3) is 5.91 Å². The number of halogens is 2. The lowest BCUT2D eigenvalue weighted by Gasteiger charge is -2.26. The number of carbonyl (C=O) groups is 1. The van der Waals surface area contributed by atoms with Gasteiger partial charge in [-0.15, -0.1) is 0 Å². The Balaban J connectivity index is 1.54. The highest BCUT2D eigenvalue weighted by molar-refractivity contribution is 6.42. The van der Waals surface area contributed by atoms with E-state index in [0.717, 1.165) is 25.2 Å². The van der Waals surface area contributed by atoms with E-state index < -0.39 is 0 Å². The van der Waals surface area contributed by atoms with Gasteiger partial charge in [0.1, 0.15) is 13.2 Å². The van der Waals surface area contributed by atoms with Gasteiger partial charge in [0.05, 0.1) is 10.0 Å². The van der Waals surface area contributed by atoms with E-state index in [2.05, 4.69) is 4.90 Å². The molecule has 7 heteroatoms. The number of hydrogen-bond donors (Lipinski definition) is 0. The Labute approximate surface area is 181 Å². The van der Waals surface area contributed by atoms with E-state index in [9.17, 15) is 4.79 Å². The highest BCUT2D eigenvalue weighted by atomic mass is 35.5. The van der Waals surface area contributed by atoms with E-state index in [1.165, 1.54) is 12.8 Å². The summed E-state index contributed by atoms with van der Waals surface area (Å²) in [6.45, 7) is 5.19. The van der Waals surface area contributed by atoms with Crippen LogP contribution in [-0.2, 0) is 6.54 Å². The fourth-order valence-electron chi connectivity index (χ4n) is 3.74. The van der Waals surface area contributed by atoms with Crippen LogP contribution in [0.5, 0.6) is 11.5 Å². The molecule has 1 amide bonds. The molecule has 0 spiro atoms. The van der Waals surface area contributed by atoms with Crippen LogP contribution in [0.15, 0.2) is 36.4 Å².